The SMILES string of the molecule is Cc1cccc(NC(=O)CSc2nnc(NC(=O)CCl)s2)c1. The molecule has 9 heteroatoms. The van der Waals surface area contributed by atoms with Crippen molar-refractivity contribution in [3.8, 4) is 0 Å². The monoisotopic (exact) mass is 356 g/mol. The summed E-state index contributed by atoms with van der Waals surface area (Å²) in [4.78, 5) is 23.0. The lowest BCUT2D eigenvalue weighted by Gasteiger charge is -2.04. The van der Waals surface area contributed by atoms with E-state index in [0.29, 0.717) is 9.47 Å². The van der Waals surface area contributed by atoms with E-state index in [2.05, 4.69) is 20.8 Å². The third-order valence-corrected chi connectivity index (χ3v) is 4.62. The zero-order valence-corrected chi connectivity index (χ0v) is 14.0. The van der Waals surface area contributed by atoms with Gasteiger partial charge in [-0.25, -0.2) is 0 Å². The molecular formula is C13H13ClN4O2S2. The van der Waals surface area contributed by atoms with E-state index in [9.17, 15) is 9.59 Å². The van der Waals surface area contributed by atoms with Crippen LogP contribution < -0.4 is 10.6 Å². The van der Waals surface area contributed by atoms with Crippen LogP contribution in [0.1, 0.15) is 5.56 Å². The minimum atomic E-state index is -0.341. The summed E-state index contributed by atoms with van der Waals surface area (Å²) in [6.45, 7) is 1.96. The summed E-state index contributed by atoms with van der Waals surface area (Å²) >= 11 is 7.84. The maximum absolute atomic E-state index is 11.9. The van der Waals surface area contributed by atoms with Crippen molar-refractivity contribution in [2.24, 2.45) is 0 Å². The Bertz CT molecular complexity index is 678. The molecule has 0 saturated carbocycles. The third-order valence-electron chi connectivity index (χ3n) is 2.40. The van der Waals surface area contributed by atoms with Crippen molar-refractivity contribution >= 4 is 57.3 Å². The Morgan fingerprint density at radius 2 is 2.09 bits per heavy atom. The first kappa shape index (κ1) is 16.7. The number of benzene rings is 1. The number of nitrogens with zero attached hydrogens (tertiary/aromatic N) is 2. The Hall–Kier alpha value is -1.64. The summed E-state index contributed by atoms with van der Waals surface area (Å²) in [5, 5.41) is 13.4. The Morgan fingerprint density at radius 3 is 2.82 bits per heavy atom. The fourth-order valence-corrected chi connectivity index (χ4v) is 3.15. The van der Waals surface area contributed by atoms with Crippen molar-refractivity contribution in [2.45, 2.75) is 11.3 Å². The Kier molecular flexibility index (Phi) is 6.17. The molecule has 6 nitrogen and oxygen atoms in total. The largest absolute Gasteiger partial charge is 0.325 e. The molecular weight excluding hydrogens is 344 g/mol. The van der Waals surface area contributed by atoms with Gasteiger partial charge in [0.2, 0.25) is 16.9 Å². The Labute approximate surface area is 140 Å². The first-order valence-corrected chi connectivity index (χ1v) is 8.59. The zero-order valence-electron chi connectivity index (χ0n) is 11.6. The van der Waals surface area contributed by atoms with Crippen LogP contribution >= 0.6 is 34.7 Å². The molecule has 2 amide bonds. The highest BCUT2D eigenvalue weighted by Gasteiger charge is 2.10. The van der Waals surface area contributed by atoms with Gasteiger partial charge in [0.1, 0.15) is 5.88 Å². The van der Waals surface area contributed by atoms with Crippen LogP contribution in [0.4, 0.5) is 10.8 Å². The second-order valence-corrected chi connectivity index (χ2v) is 6.73. The molecule has 2 rings (SSSR count). The lowest BCUT2D eigenvalue weighted by atomic mass is 10.2. The number of rotatable bonds is 6. The van der Waals surface area contributed by atoms with Gasteiger partial charge < -0.3 is 5.32 Å². The minimum absolute atomic E-state index is 0.128. The Balaban J connectivity index is 1.82. The van der Waals surface area contributed by atoms with Gasteiger partial charge in [-0.2, -0.15) is 0 Å². The summed E-state index contributed by atoms with van der Waals surface area (Å²) < 4.78 is 0.601. The van der Waals surface area contributed by atoms with Gasteiger partial charge in [-0.1, -0.05) is 35.2 Å². The second-order valence-electron chi connectivity index (χ2n) is 4.26. The van der Waals surface area contributed by atoms with Crippen molar-refractivity contribution < 1.29 is 9.59 Å². The van der Waals surface area contributed by atoms with Crippen molar-refractivity contribution in [3.63, 3.8) is 0 Å². The van der Waals surface area contributed by atoms with Crippen LogP contribution in [0.25, 0.3) is 0 Å². The molecule has 1 aromatic carbocycles. The zero-order chi connectivity index (χ0) is 15.9. The highest BCUT2D eigenvalue weighted by molar-refractivity contribution is 8.01. The number of carbonyl (C=O) groups is 2. The summed E-state index contributed by atoms with van der Waals surface area (Å²) in [6, 6.07) is 7.57. The van der Waals surface area contributed by atoms with E-state index in [4.69, 9.17) is 11.6 Å². The van der Waals surface area contributed by atoms with Crippen molar-refractivity contribution in [1.82, 2.24) is 10.2 Å². The Morgan fingerprint density at radius 1 is 1.27 bits per heavy atom. The third kappa shape index (κ3) is 5.28. The van der Waals surface area contributed by atoms with Crippen LogP contribution in [0.15, 0.2) is 28.6 Å². The summed E-state index contributed by atoms with van der Waals surface area (Å²) in [7, 11) is 0. The molecule has 0 aliphatic heterocycles. The van der Waals surface area contributed by atoms with E-state index in [0.717, 1.165) is 11.3 Å². The number of thioether (sulfide) groups is 1. The molecule has 0 spiro atoms. The fraction of sp³-hybridized carbons (Fsp3) is 0.231. The van der Waals surface area contributed by atoms with Crippen molar-refractivity contribution in [3.05, 3.63) is 29.8 Å². The normalized spacial score (nSPS) is 10.3. The number of hydrogen-bond donors (Lipinski definition) is 2. The second kappa shape index (κ2) is 8.11. The quantitative estimate of drug-likeness (QED) is 0.472. The van der Waals surface area contributed by atoms with E-state index in [-0.39, 0.29) is 23.4 Å². The summed E-state index contributed by atoms with van der Waals surface area (Å²) in [5.74, 6) is -0.392. The lowest BCUT2D eigenvalue weighted by Crippen LogP contribution is -2.13. The van der Waals surface area contributed by atoms with Crippen LogP contribution in [-0.4, -0.2) is 33.6 Å². The van der Waals surface area contributed by atoms with E-state index in [1.807, 2.05) is 31.2 Å². The van der Waals surface area contributed by atoms with E-state index >= 15 is 0 Å². The topological polar surface area (TPSA) is 84.0 Å². The summed E-state index contributed by atoms with van der Waals surface area (Å²) in [6.07, 6.45) is 0. The van der Waals surface area contributed by atoms with Gasteiger partial charge in [0.15, 0.2) is 4.34 Å². The summed E-state index contributed by atoms with van der Waals surface area (Å²) in [5.41, 5.74) is 1.84. The highest BCUT2D eigenvalue weighted by atomic mass is 35.5. The molecule has 22 heavy (non-hydrogen) atoms. The predicted molar refractivity (Wildman–Crippen MR) is 89.8 cm³/mol. The van der Waals surface area contributed by atoms with Gasteiger partial charge in [-0.15, -0.1) is 21.8 Å². The molecule has 0 fully saturated rings. The number of alkyl halides is 1. The molecule has 0 atom stereocenters. The first-order chi connectivity index (χ1) is 10.6. The lowest BCUT2D eigenvalue weighted by molar-refractivity contribution is -0.114. The van der Waals surface area contributed by atoms with Crippen LogP contribution in [0.3, 0.4) is 0 Å². The molecule has 0 radical (unpaired) electrons. The molecule has 0 bridgehead atoms. The van der Waals surface area contributed by atoms with Crippen molar-refractivity contribution in [2.75, 3.05) is 22.3 Å². The number of amides is 2. The maximum atomic E-state index is 11.9. The first-order valence-electron chi connectivity index (χ1n) is 6.25. The van der Waals surface area contributed by atoms with Crippen LogP contribution in [0.2, 0.25) is 0 Å². The van der Waals surface area contributed by atoms with Gasteiger partial charge in [0.25, 0.3) is 0 Å². The average Bonchev–Trinajstić information content (AvgIpc) is 2.92. The molecule has 0 aliphatic rings. The maximum Gasteiger partial charge on any atom is 0.241 e. The van der Waals surface area contributed by atoms with Gasteiger partial charge in [-0.3, -0.25) is 14.9 Å². The highest BCUT2D eigenvalue weighted by Crippen LogP contribution is 2.25. The average molecular weight is 357 g/mol. The van der Waals surface area contributed by atoms with Gasteiger partial charge in [-0.05, 0) is 24.6 Å². The van der Waals surface area contributed by atoms with Crippen LogP contribution in [0, 0.1) is 6.92 Å². The smallest absolute Gasteiger partial charge is 0.241 e. The number of anilines is 2. The number of carbonyl (C=O) groups excluding carboxylic acids is 2. The standard InChI is InChI=1S/C13H13ClN4O2S2/c1-8-3-2-4-9(5-8)15-11(20)7-21-13-18-17-12(22-13)16-10(19)6-14/h2-5H,6-7H2,1H3,(H,15,20)(H,16,17,19). The van der Waals surface area contributed by atoms with Gasteiger partial charge in [0, 0.05) is 5.69 Å². The van der Waals surface area contributed by atoms with Gasteiger partial charge in [0.05, 0.1) is 5.75 Å². The molecule has 116 valence electrons. The van der Waals surface area contributed by atoms with E-state index in [1.54, 1.807) is 0 Å². The number of aryl methyl sites for hydroxylation is 1. The molecule has 1 heterocycles. The molecule has 0 unspecified atom stereocenters. The number of hydrogen-bond acceptors (Lipinski definition) is 6. The molecule has 0 saturated heterocycles. The number of aromatic nitrogens is 2. The number of nitrogens with one attached hydrogen (secondary N) is 2. The fourth-order valence-electron chi connectivity index (χ4n) is 1.52. The van der Waals surface area contributed by atoms with E-state index < -0.39 is 0 Å². The van der Waals surface area contributed by atoms with Crippen molar-refractivity contribution in [1.29, 1.82) is 0 Å². The van der Waals surface area contributed by atoms with E-state index in [1.165, 1.54) is 23.1 Å². The van der Waals surface area contributed by atoms with Crippen LogP contribution in [0.5, 0.6) is 0 Å². The number of halogens is 1. The predicted octanol–water partition coefficient (Wildman–Crippen LogP) is 2.75. The molecule has 2 N–H and O–H groups in total. The molecule has 0 aliphatic carbocycles. The molecule has 2 aromatic rings. The minimum Gasteiger partial charge on any atom is -0.325 e. The van der Waals surface area contributed by atoms with Crippen LogP contribution in [-0.2, 0) is 9.59 Å². The van der Waals surface area contributed by atoms with Gasteiger partial charge >= 0.3 is 0 Å². The molecule has 1 aromatic heterocycles.